The number of likely N-dealkylation sites (tertiary alicyclic amines) is 1. The molecule has 1 aliphatic rings. The first kappa shape index (κ1) is 22.4. The highest BCUT2D eigenvalue weighted by molar-refractivity contribution is 5.71. The van der Waals surface area contributed by atoms with Gasteiger partial charge in [0.05, 0.1) is 20.1 Å². The summed E-state index contributed by atoms with van der Waals surface area (Å²) < 4.78 is 1.19. The van der Waals surface area contributed by atoms with Crippen LogP contribution in [0.25, 0.3) is 17.2 Å². The van der Waals surface area contributed by atoms with Gasteiger partial charge in [-0.25, -0.2) is 0 Å². The first-order valence-corrected chi connectivity index (χ1v) is 12.0. The second kappa shape index (κ2) is 10.2. The topological polar surface area (TPSA) is 12.0 Å². The molecule has 2 heteroatoms. The highest BCUT2D eigenvalue weighted by atomic mass is 15.3. The SMILES string of the molecule is Cc1ccc(C)c(-c2cccc(/C=C/CNc3ccc(C[N+]4(C)CCCCC4)cc3)c2)c1. The van der Waals surface area contributed by atoms with E-state index in [1.165, 1.54) is 75.9 Å². The molecule has 0 atom stereocenters. The molecule has 0 aromatic heterocycles. The maximum Gasteiger partial charge on any atom is 0.104 e. The molecule has 0 bridgehead atoms. The van der Waals surface area contributed by atoms with Crippen LogP contribution in [0.3, 0.4) is 0 Å². The average molecular weight is 426 g/mol. The fourth-order valence-corrected chi connectivity index (χ4v) is 4.83. The monoisotopic (exact) mass is 425 g/mol. The molecule has 0 saturated carbocycles. The molecule has 0 radical (unpaired) electrons. The van der Waals surface area contributed by atoms with Crippen molar-refractivity contribution in [3.8, 4) is 11.1 Å². The maximum atomic E-state index is 3.53. The Balaban J connectivity index is 1.32. The highest BCUT2D eigenvalue weighted by Gasteiger charge is 2.24. The Labute approximate surface area is 194 Å². The first-order valence-electron chi connectivity index (χ1n) is 12.0. The number of quaternary nitrogens is 1. The van der Waals surface area contributed by atoms with Crippen molar-refractivity contribution in [2.45, 2.75) is 39.7 Å². The van der Waals surface area contributed by atoms with Crippen molar-refractivity contribution in [1.82, 2.24) is 0 Å². The smallest absolute Gasteiger partial charge is 0.104 e. The van der Waals surface area contributed by atoms with E-state index in [4.69, 9.17) is 0 Å². The van der Waals surface area contributed by atoms with Gasteiger partial charge in [-0.05, 0) is 73.6 Å². The van der Waals surface area contributed by atoms with Crippen LogP contribution in [0.5, 0.6) is 0 Å². The van der Waals surface area contributed by atoms with E-state index in [1.807, 2.05) is 0 Å². The predicted octanol–water partition coefficient (Wildman–Crippen LogP) is 7.23. The lowest BCUT2D eigenvalue weighted by Gasteiger charge is -2.37. The van der Waals surface area contributed by atoms with Gasteiger partial charge in [0, 0.05) is 17.8 Å². The summed E-state index contributed by atoms with van der Waals surface area (Å²) in [5.41, 5.74) is 9.08. The number of hydrogen-bond acceptors (Lipinski definition) is 1. The summed E-state index contributed by atoms with van der Waals surface area (Å²) in [6, 6.07) is 24.5. The summed E-state index contributed by atoms with van der Waals surface area (Å²) in [4.78, 5) is 0. The lowest BCUT2D eigenvalue weighted by Crippen LogP contribution is -2.46. The molecule has 1 heterocycles. The van der Waals surface area contributed by atoms with Crippen molar-refractivity contribution in [3.05, 3.63) is 95.1 Å². The molecule has 166 valence electrons. The van der Waals surface area contributed by atoms with Crippen LogP contribution in [0.1, 0.15) is 41.5 Å². The Kier molecular flexibility index (Phi) is 7.12. The third-order valence-corrected chi connectivity index (χ3v) is 6.74. The fraction of sp³-hybridized carbons (Fsp3) is 0.333. The highest BCUT2D eigenvalue weighted by Crippen LogP contribution is 2.26. The number of anilines is 1. The second-order valence-corrected chi connectivity index (χ2v) is 9.71. The molecule has 1 fully saturated rings. The zero-order valence-electron chi connectivity index (χ0n) is 19.9. The average Bonchev–Trinajstić information content (AvgIpc) is 2.80. The van der Waals surface area contributed by atoms with Crippen LogP contribution in [0, 0.1) is 13.8 Å². The minimum atomic E-state index is 0.820. The van der Waals surface area contributed by atoms with Gasteiger partial charge in [-0.15, -0.1) is 0 Å². The van der Waals surface area contributed by atoms with Crippen molar-refractivity contribution in [2.24, 2.45) is 0 Å². The van der Waals surface area contributed by atoms with Crippen LogP contribution < -0.4 is 5.32 Å². The van der Waals surface area contributed by atoms with Gasteiger partial charge >= 0.3 is 0 Å². The number of nitrogens with one attached hydrogen (secondary N) is 1. The second-order valence-electron chi connectivity index (χ2n) is 9.71. The van der Waals surface area contributed by atoms with Crippen LogP contribution in [-0.2, 0) is 6.54 Å². The van der Waals surface area contributed by atoms with Gasteiger partial charge in [0.1, 0.15) is 6.54 Å². The minimum Gasteiger partial charge on any atom is -0.382 e. The van der Waals surface area contributed by atoms with Crippen molar-refractivity contribution in [2.75, 3.05) is 32.0 Å². The number of aryl methyl sites for hydroxylation is 2. The molecule has 3 aromatic rings. The standard InChI is InChI=1S/C30H37N2/c1-24-12-13-25(2)30(21-24)28-11-7-9-26(22-28)10-8-18-31-29-16-14-27(15-17-29)23-32(3)19-5-4-6-20-32/h7-17,21-22,31H,4-6,18-20,23H2,1-3H3/q+1/b10-8+. The lowest BCUT2D eigenvalue weighted by molar-refractivity contribution is -0.926. The van der Waals surface area contributed by atoms with Crippen LogP contribution in [0.2, 0.25) is 0 Å². The van der Waals surface area contributed by atoms with Gasteiger partial charge in [-0.1, -0.05) is 66.2 Å². The van der Waals surface area contributed by atoms with Gasteiger partial charge in [0.25, 0.3) is 0 Å². The minimum absolute atomic E-state index is 0.820. The Bertz CT molecular complexity index is 1060. The van der Waals surface area contributed by atoms with Crippen molar-refractivity contribution >= 4 is 11.8 Å². The Hall–Kier alpha value is -2.84. The molecule has 1 aliphatic heterocycles. The van der Waals surface area contributed by atoms with E-state index >= 15 is 0 Å². The Morgan fingerprint density at radius 2 is 1.66 bits per heavy atom. The third-order valence-electron chi connectivity index (χ3n) is 6.74. The zero-order valence-corrected chi connectivity index (χ0v) is 19.9. The third kappa shape index (κ3) is 5.89. The van der Waals surface area contributed by atoms with Crippen LogP contribution in [0.4, 0.5) is 5.69 Å². The normalized spacial score (nSPS) is 15.7. The van der Waals surface area contributed by atoms with Gasteiger partial charge in [0.15, 0.2) is 0 Å². The summed E-state index contributed by atoms with van der Waals surface area (Å²) >= 11 is 0. The van der Waals surface area contributed by atoms with Crippen molar-refractivity contribution in [3.63, 3.8) is 0 Å². The molecule has 0 spiro atoms. The molecule has 0 unspecified atom stereocenters. The number of benzene rings is 3. The van der Waals surface area contributed by atoms with Crippen LogP contribution in [-0.4, -0.2) is 31.2 Å². The Morgan fingerprint density at radius 3 is 2.44 bits per heavy atom. The van der Waals surface area contributed by atoms with Crippen molar-refractivity contribution in [1.29, 1.82) is 0 Å². The molecule has 1 N–H and O–H groups in total. The van der Waals surface area contributed by atoms with Crippen LogP contribution >= 0.6 is 0 Å². The molecular formula is C30H37N2+. The van der Waals surface area contributed by atoms with E-state index in [9.17, 15) is 0 Å². The lowest BCUT2D eigenvalue weighted by atomic mass is 9.97. The van der Waals surface area contributed by atoms with E-state index < -0.39 is 0 Å². The number of rotatable bonds is 7. The molecule has 1 saturated heterocycles. The molecule has 4 rings (SSSR count). The Morgan fingerprint density at radius 1 is 0.875 bits per heavy atom. The predicted molar refractivity (Wildman–Crippen MR) is 139 cm³/mol. The molecule has 32 heavy (non-hydrogen) atoms. The summed E-state index contributed by atoms with van der Waals surface area (Å²) in [6.45, 7) is 8.93. The van der Waals surface area contributed by atoms with Crippen molar-refractivity contribution < 1.29 is 4.48 Å². The quantitative estimate of drug-likeness (QED) is 0.394. The van der Waals surface area contributed by atoms with Crippen LogP contribution in [0.15, 0.2) is 72.8 Å². The zero-order chi connectivity index (χ0) is 22.4. The van der Waals surface area contributed by atoms with E-state index in [2.05, 4.69) is 105 Å². The molecule has 3 aromatic carbocycles. The first-order chi connectivity index (χ1) is 15.5. The summed E-state index contributed by atoms with van der Waals surface area (Å²) in [5, 5.41) is 3.53. The van der Waals surface area contributed by atoms with Gasteiger partial charge in [-0.2, -0.15) is 0 Å². The fourth-order valence-electron chi connectivity index (χ4n) is 4.83. The molecule has 0 aliphatic carbocycles. The largest absolute Gasteiger partial charge is 0.382 e. The van der Waals surface area contributed by atoms with Gasteiger partial charge in [0.2, 0.25) is 0 Å². The molecular weight excluding hydrogens is 388 g/mol. The summed E-state index contributed by atoms with van der Waals surface area (Å²) in [7, 11) is 2.41. The van der Waals surface area contributed by atoms with Gasteiger partial charge < -0.3 is 9.80 Å². The van der Waals surface area contributed by atoms with E-state index in [0.717, 1.165) is 13.1 Å². The molecule has 0 amide bonds. The van der Waals surface area contributed by atoms with E-state index in [0.29, 0.717) is 0 Å². The number of piperidine rings is 1. The molecule has 2 nitrogen and oxygen atoms in total. The van der Waals surface area contributed by atoms with E-state index in [-0.39, 0.29) is 0 Å². The summed E-state index contributed by atoms with van der Waals surface area (Å²) in [5.74, 6) is 0. The summed E-state index contributed by atoms with van der Waals surface area (Å²) in [6.07, 6.45) is 8.56. The van der Waals surface area contributed by atoms with Gasteiger partial charge in [-0.3, -0.25) is 0 Å². The number of hydrogen-bond donors (Lipinski definition) is 1. The van der Waals surface area contributed by atoms with E-state index in [1.54, 1.807) is 0 Å². The maximum absolute atomic E-state index is 3.53. The number of nitrogens with zero attached hydrogens (tertiary/aromatic N) is 1.